The second-order valence-electron chi connectivity index (χ2n) is 6.04. The molecule has 5 nitrogen and oxygen atoms in total. The van der Waals surface area contributed by atoms with Crippen molar-refractivity contribution in [3.05, 3.63) is 35.9 Å². The topological polar surface area (TPSA) is 87.7 Å². The van der Waals surface area contributed by atoms with Crippen LogP contribution in [0.4, 0.5) is 0 Å². The van der Waals surface area contributed by atoms with Crippen LogP contribution in [0.3, 0.4) is 0 Å². The van der Waals surface area contributed by atoms with Gasteiger partial charge in [0.2, 0.25) is 5.91 Å². The molecule has 0 heterocycles. The van der Waals surface area contributed by atoms with Crippen molar-refractivity contribution in [1.82, 2.24) is 5.32 Å². The minimum atomic E-state index is -0.0344. The average molecular weight is 287 g/mol. The first-order chi connectivity index (χ1) is 10.2. The van der Waals surface area contributed by atoms with Crippen molar-refractivity contribution in [2.24, 2.45) is 22.7 Å². The van der Waals surface area contributed by atoms with Crippen LogP contribution in [0.5, 0.6) is 0 Å². The van der Waals surface area contributed by atoms with Gasteiger partial charge in [0.05, 0.1) is 0 Å². The molecule has 0 spiro atoms. The Morgan fingerprint density at radius 3 is 2.71 bits per heavy atom. The molecule has 0 saturated heterocycles. The van der Waals surface area contributed by atoms with Gasteiger partial charge in [0.1, 0.15) is 5.84 Å². The van der Waals surface area contributed by atoms with Gasteiger partial charge in [0.15, 0.2) is 0 Å². The molecule has 2 aliphatic rings. The van der Waals surface area contributed by atoms with Gasteiger partial charge in [-0.05, 0) is 30.7 Å². The summed E-state index contributed by atoms with van der Waals surface area (Å²) in [5.74, 6) is 0.712. The summed E-state index contributed by atoms with van der Waals surface area (Å²) in [6.45, 7) is 0. The van der Waals surface area contributed by atoms with E-state index in [1.54, 1.807) is 0 Å². The van der Waals surface area contributed by atoms with Crippen molar-refractivity contribution >= 4 is 11.7 Å². The summed E-state index contributed by atoms with van der Waals surface area (Å²) in [6, 6.07) is 10.2. The summed E-state index contributed by atoms with van der Waals surface area (Å²) in [5, 5.41) is 15.0. The smallest absolute Gasteiger partial charge is 0.223 e. The van der Waals surface area contributed by atoms with Gasteiger partial charge in [-0.15, -0.1) is 0 Å². The molecule has 2 saturated carbocycles. The highest BCUT2D eigenvalue weighted by molar-refractivity contribution is 5.86. The molecule has 1 aromatic rings. The molecule has 0 bridgehead atoms. The zero-order chi connectivity index (χ0) is 14.8. The first kappa shape index (κ1) is 13.9. The van der Waals surface area contributed by atoms with E-state index in [4.69, 9.17) is 10.9 Å². The van der Waals surface area contributed by atoms with Gasteiger partial charge in [0, 0.05) is 17.9 Å². The van der Waals surface area contributed by atoms with Gasteiger partial charge in [-0.1, -0.05) is 41.9 Å². The van der Waals surface area contributed by atoms with Crippen molar-refractivity contribution < 1.29 is 10.0 Å². The van der Waals surface area contributed by atoms with E-state index in [2.05, 4.69) is 22.6 Å². The van der Waals surface area contributed by atoms with Gasteiger partial charge in [0.25, 0.3) is 0 Å². The Kier molecular flexibility index (Phi) is 3.82. The summed E-state index contributed by atoms with van der Waals surface area (Å²) in [7, 11) is 0. The van der Waals surface area contributed by atoms with E-state index in [9.17, 15) is 4.79 Å². The largest absolute Gasteiger partial charge is 0.409 e. The van der Waals surface area contributed by atoms with Gasteiger partial charge in [-0.2, -0.15) is 0 Å². The van der Waals surface area contributed by atoms with Crippen molar-refractivity contribution in [3.63, 3.8) is 0 Å². The highest BCUT2D eigenvalue weighted by atomic mass is 16.4. The molecule has 21 heavy (non-hydrogen) atoms. The third-order valence-corrected chi connectivity index (χ3v) is 4.69. The molecule has 1 aromatic carbocycles. The number of amidine groups is 1. The van der Waals surface area contributed by atoms with E-state index in [-0.39, 0.29) is 29.6 Å². The zero-order valence-electron chi connectivity index (χ0n) is 11.9. The number of nitrogens with one attached hydrogen (secondary N) is 1. The lowest BCUT2D eigenvalue weighted by Gasteiger charge is -2.19. The number of rotatable bonds is 4. The summed E-state index contributed by atoms with van der Waals surface area (Å²) >= 11 is 0. The Bertz CT molecular complexity index is 544. The van der Waals surface area contributed by atoms with Gasteiger partial charge in [-0.3, -0.25) is 4.79 Å². The first-order valence-electron chi connectivity index (χ1n) is 7.53. The number of carbonyl (C=O) groups is 1. The molecule has 0 aliphatic heterocycles. The minimum Gasteiger partial charge on any atom is -0.409 e. The average Bonchev–Trinajstić information content (AvgIpc) is 3.20. The summed E-state index contributed by atoms with van der Waals surface area (Å²) in [5.41, 5.74) is 6.94. The number of benzene rings is 1. The van der Waals surface area contributed by atoms with Crippen LogP contribution in [-0.4, -0.2) is 23.0 Å². The van der Waals surface area contributed by atoms with Gasteiger partial charge in [-0.25, -0.2) is 0 Å². The molecule has 1 amide bonds. The van der Waals surface area contributed by atoms with E-state index < -0.39 is 0 Å². The molecule has 4 N–H and O–H groups in total. The molecule has 2 aliphatic carbocycles. The van der Waals surface area contributed by atoms with Crippen molar-refractivity contribution in [1.29, 1.82) is 0 Å². The van der Waals surface area contributed by atoms with Gasteiger partial charge >= 0.3 is 0 Å². The quantitative estimate of drug-likeness (QED) is 0.341. The summed E-state index contributed by atoms with van der Waals surface area (Å²) in [6.07, 6.45) is 3.68. The number of nitrogens with two attached hydrogens (primary N) is 1. The van der Waals surface area contributed by atoms with E-state index in [1.807, 2.05) is 18.2 Å². The number of oxime groups is 1. The van der Waals surface area contributed by atoms with Crippen LogP contribution in [0.25, 0.3) is 0 Å². The predicted octanol–water partition coefficient (Wildman–Crippen LogP) is 1.82. The molecule has 3 rings (SSSR count). The maximum atomic E-state index is 12.3. The number of nitrogens with zero attached hydrogens (tertiary/aromatic N) is 1. The van der Waals surface area contributed by atoms with Crippen molar-refractivity contribution in [3.8, 4) is 0 Å². The lowest BCUT2D eigenvalue weighted by molar-refractivity contribution is -0.123. The highest BCUT2D eigenvalue weighted by Crippen LogP contribution is 2.47. The second kappa shape index (κ2) is 5.76. The number of carbonyl (C=O) groups excluding carboxylic acids is 1. The summed E-state index contributed by atoms with van der Waals surface area (Å²) in [4.78, 5) is 12.3. The maximum absolute atomic E-state index is 12.3. The van der Waals surface area contributed by atoms with Crippen LogP contribution in [0.15, 0.2) is 35.5 Å². The Morgan fingerprint density at radius 2 is 2.00 bits per heavy atom. The van der Waals surface area contributed by atoms with Crippen LogP contribution in [-0.2, 0) is 4.79 Å². The van der Waals surface area contributed by atoms with Crippen LogP contribution < -0.4 is 11.1 Å². The first-order valence-corrected chi connectivity index (χ1v) is 7.53. The highest BCUT2D eigenvalue weighted by Gasteiger charge is 2.45. The Balaban J connectivity index is 1.58. The second-order valence-corrected chi connectivity index (χ2v) is 6.04. The van der Waals surface area contributed by atoms with Crippen LogP contribution in [0.1, 0.15) is 37.2 Å². The SMILES string of the molecule is N/C(=N/O)C1CCCC1NC(=O)C1CC1c1ccccc1. The van der Waals surface area contributed by atoms with Crippen LogP contribution in [0, 0.1) is 11.8 Å². The van der Waals surface area contributed by atoms with Crippen LogP contribution >= 0.6 is 0 Å². The van der Waals surface area contributed by atoms with E-state index in [1.165, 1.54) is 5.56 Å². The zero-order valence-corrected chi connectivity index (χ0v) is 11.9. The fourth-order valence-corrected chi connectivity index (χ4v) is 3.40. The normalized spacial score (nSPS) is 31.9. The van der Waals surface area contributed by atoms with Crippen molar-refractivity contribution in [2.45, 2.75) is 37.6 Å². The number of hydrogen-bond acceptors (Lipinski definition) is 3. The number of amides is 1. The Morgan fingerprint density at radius 1 is 1.24 bits per heavy atom. The molecule has 0 aromatic heterocycles. The molecule has 0 radical (unpaired) electrons. The fraction of sp³-hybridized carbons (Fsp3) is 0.500. The lowest BCUT2D eigenvalue weighted by Crippen LogP contribution is -2.43. The van der Waals surface area contributed by atoms with E-state index in [0.717, 1.165) is 25.7 Å². The molecule has 5 heteroatoms. The molecule has 112 valence electrons. The van der Waals surface area contributed by atoms with Crippen LogP contribution in [0.2, 0.25) is 0 Å². The maximum Gasteiger partial charge on any atom is 0.223 e. The molecular weight excluding hydrogens is 266 g/mol. The Hall–Kier alpha value is -2.04. The molecule has 2 fully saturated rings. The fourth-order valence-electron chi connectivity index (χ4n) is 3.40. The standard InChI is InChI=1S/C16H21N3O2/c17-15(19-21)11-7-4-8-14(11)18-16(20)13-9-12(13)10-5-2-1-3-6-10/h1-3,5-6,11-14,21H,4,7-9H2,(H2,17,19)(H,18,20). The Labute approximate surface area is 124 Å². The lowest BCUT2D eigenvalue weighted by atomic mass is 10.0. The monoisotopic (exact) mass is 287 g/mol. The van der Waals surface area contributed by atoms with E-state index >= 15 is 0 Å². The number of hydrogen-bond donors (Lipinski definition) is 3. The van der Waals surface area contributed by atoms with E-state index in [0.29, 0.717) is 5.92 Å². The third-order valence-electron chi connectivity index (χ3n) is 4.69. The van der Waals surface area contributed by atoms with Crippen molar-refractivity contribution in [2.75, 3.05) is 0 Å². The third kappa shape index (κ3) is 2.86. The van der Waals surface area contributed by atoms with Gasteiger partial charge < -0.3 is 16.3 Å². The minimum absolute atomic E-state index is 0.00502. The predicted molar refractivity (Wildman–Crippen MR) is 80.0 cm³/mol. The molecule has 4 atom stereocenters. The summed E-state index contributed by atoms with van der Waals surface area (Å²) < 4.78 is 0. The molecular formula is C16H21N3O2. The molecule has 4 unspecified atom stereocenters.